The van der Waals surface area contributed by atoms with Crippen LogP contribution in [0.25, 0.3) is 10.6 Å². The Balaban J connectivity index is 1.49. The highest BCUT2D eigenvalue weighted by atomic mass is 32.2. The van der Waals surface area contributed by atoms with E-state index in [-0.39, 0.29) is 35.3 Å². The third-order valence-corrected chi connectivity index (χ3v) is 10.1. The molecule has 1 saturated heterocycles. The highest BCUT2D eigenvalue weighted by Crippen LogP contribution is 2.30. The first kappa shape index (κ1) is 22.0. The summed E-state index contributed by atoms with van der Waals surface area (Å²) in [6.45, 7) is -0.190. The second-order valence-electron chi connectivity index (χ2n) is 6.76. The first-order valence-electron chi connectivity index (χ1n) is 9.15. The third kappa shape index (κ3) is 4.39. The fourth-order valence-electron chi connectivity index (χ4n) is 3.16. The number of hydrogen-bond acceptors (Lipinski definition) is 6. The molecule has 1 aromatic heterocycles. The van der Waals surface area contributed by atoms with Crippen molar-refractivity contribution in [3.8, 4) is 10.6 Å². The average Bonchev–Trinajstić information content (AvgIpc) is 3.25. The van der Waals surface area contributed by atoms with E-state index >= 15 is 0 Å². The van der Waals surface area contributed by atoms with Crippen LogP contribution in [0.5, 0.6) is 0 Å². The van der Waals surface area contributed by atoms with E-state index in [1.165, 1.54) is 46.9 Å². The Labute approximate surface area is 182 Å². The molecular formula is C19H17F2N3O4S3. The van der Waals surface area contributed by atoms with Crippen molar-refractivity contribution in [2.75, 3.05) is 26.2 Å². The number of sulfonamides is 2. The second-order valence-corrected chi connectivity index (χ2v) is 11.9. The molecule has 0 amide bonds. The van der Waals surface area contributed by atoms with Crippen LogP contribution in [0.15, 0.2) is 63.8 Å². The zero-order chi connectivity index (χ0) is 22.2. The summed E-state index contributed by atoms with van der Waals surface area (Å²) in [5.41, 5.74) is 0.596. The largest absolute Gasteiger partial charge is 0.254 e. The molecule has 0 unspecified atom stereocenters. The number of benzene rings is 2. The molecule has 4 rings (SSSR count). The van der Waals surface area contributed by atoms with E-state index < -0.39 is 31.7 Å². The predicted molar refractivity (Wildman–Crippen MR) is 111 cm³/mol. The number of thiazole rings is 1. The Morgan fingerprint density at radius 2 is 1.42 bits per heavy atom. The first-order valence-corrected chi connectivity index (χ1v) is 12.9. The van der Waals surface area contributed by atoms with Gasteiger partial charge in [-0.3, -0.25) is 0 Å². The minimum Gasteiger partial charge on any atom is -0.243 e. The molecule has 31 heavy (non-hydrogen) atoms. The Hall–Kier alpha value is -2.25. The summed E-state index contributed by atoms with van der Waals surface area (Å²) in [5.74, 6) is -1.07. The summed E-state index contributed by atoms with van der Waals surface area (Å²) >= 11 is 0.961. The molecule has 2 aromatic carbocycles. The first-order chi connectivity index (χ1) is 14.7. The molecule has 0 bridgehead atoms. The average molecular weight is 486 g/mol. The summed E-state index contributed by atoms with van der Waals surface area (Å²) in [7, 11) is -7.79. The topological polar surface area (TPSA) is 87.7 Å². The molecule has 0 aliphatic carbocycles. The van der Waals surface area contributed by atoms with Gasteiger partial charge in [-0.05, 0) is 42.5 Å². The van der Waals surface area contributed by atoms with Gasteiger partial charge in [-0.25, -0.2) is 30.6 Å². The summed E-state index contributed by atoms with van der Waals surface area (Å²) in [6, 6.07) is 10.3. The van der Waals surface area contributed by atoms with Crippen molar-refractivity contribution in [3.05, 3.63) is 66.4 Å². The van der Waals surface area contributed by atoms with Crippen LogP contribution < -0.4 is 0 Å². The quantitative estimate of drug-likeness (QED) is 0.555. The van der Waals surface area contributed by atoms with E-state index in [0.717, 1.165) is 27.8 Å². The molecule has 1 aliphatic heterocycles. The van der Waals surface area contributed by atoms with Crippen LogP contribution in [-0.2, 0) is 20.0 Å². The Kier molecular flexibility index (Phi) is 5.92. The lowest BCUT2D eigenvalue weighted by Gasteiger charge is -2.32. The van der Waals surface area contributed by atoms with Gasteiger partial charge >= 0.3 is 0 Å². The molecule has 1 fully saturated rings. The van der Waals surface area contributed by atoms with E-state index in [2.05, 4.69) is 4.98 Å². The second kappa shape index (κ2) is 8.36. The van der Waals surface area contributed by atoms with Gasteiger partial charge in [0.25, 0.3) is 10.0 Å². The summed E-state index contributed by atoms with van der Waals surface area (Å²) in [4.78, 5) is 3.96. The summed E-state index contributed by atoms with van der Waals surface area (Å²) in [5, 5.41) is 0.436. The normalized spacial score (nSPS) is 16.5. The third-order valence-electron chi connectivity index (χ3n) is 4.80. The van der Waals surface area contributed by atoms with E-state index in [9.17, 15) is 25.6 Å². The van der Waals surface area contributed by atoms with Crippen LogP contribution in [-0.4, -0.2) is 56.6 Å². The SMILES string of the molecule is O=S(=O)(c1cccc(F)c1)N1CCN(S(=O)(=O)c2cnc(-c3ccc(F)cc3)s2)CC1. The van der Waals surface area contributed by atoms with Crippen molar-refractivity contribution in [1.82, 2.24) is 13.6 Å². The van der Waals surface area contributed by atoms with Gasteiger partial charge in [0, 0.05) is 31.7 Å². The van der Waals surface area contributed by atoms with Crippen LogP contribution in [0, 0.1) is 11.6 Å². The zero-order valence-electron chi connectivity index (χ0n) is 16.0. The maximum atomic E-state index is 13.4. The molecule has 7 nitrogen and oxygen atoms in total. The van der Waals surface area contributed by atoms with Crippen LogP contribution in [0.3, 0.4) is 0 Å². The van der Waals surface area contributed by atoms with Gasteiger partial charge in [0.2, 0.25) is 10.0 Å². The fraction of sp³-hybridized carbons (Fsp3) is 0.211. The van der Waals surface area contributed by atoms with E-state index in [1.54, 1.807) is 0 Å². The van der Waals surface area contributed by atoms with E-state index in [4.69, 9.17) is 0 Å². The van der Waals surface area contributed by atoms with Crippen molar-refractivity contribution >= 4 is 31.4 Å². The Bertz CT molecular complexity index is 1300. The molecular weight excluding hydrogens is 468 g/mol. The van der Waals surface area contributed by atoms with Crippen LogP contribution >= 0.6 is 11.3 Å². The fourth-order valence-corrected chi connectivity index (χ4v) is 7.33. The molecule has 2 heterocycles. The number of hydrogen-bond donors (Lipinski definition) is 0. The Morgan fingerprint density at radius 3 is 2.03 bits per heavy atom. The highest BCUT2D eigenvalue weighted by Gasteiger charge is 2.34. The molecule has 0 N–H and O–H groups in total. The van der Waals surface area contributed by atoms with Gasteiger partial charge < -0.3 is 0 Å². The van der Waals surface area contributed by atoms with Crippen molar-refractivity contribution in [2.45, 2.75) is 9.10 Å². The van der Waals surface area contributed by atoms with Crippen LogP contribution in [0.2, 0.25) is 0 Å². The van der Waals surface area contributed by atoms with Gasteiger partial charge in [-0.2, -0.15) is 8.61 Å². The highest BCUT2D eigenvalue weighted by molar-refractivity contribution is 7.91. The predicted octanol–water partition coefficient (Wildman–Crippen LogP) is 2.78. The maximum Gasteiger partial charge on any atom is 0.254 e. The van der Waals surface area contributed by atoms with Gasteiger partial charge in [0.05, 0.1) is 11.1 Å². The maximum absolute atomic E-state index is 13.4. The number of piperazine rings is 1. The molecule has 164 valence electrons. The number of rotatable bonds is 5. The van der Waals surface area contributed by atoms with Crippen LogP contribution in [0.4, 0.5) is 8.78 Å². The van der Waals surface area contributed by atoms with E-state index in [1.807, 2.05) is 0 Å². The summed E-state index contributed by atoms with van der Waals surface area (Å²) < 4.78 is 80.3. The number of halogens is 2. The van der Waals surface area contributed by atoms with Crippen molar-refractivity contribution < 1.29 is 25.6 Å². The minimum atomic E-state index is -3.92. The lowest BCUT2D eigenvalue weighted by Crippen LogP contribution is -2.50. The number of nitrogens with zero attached hydrogens (tertiary/aromatic N) is 3. The molecule has 1 aliphatic rings. The lowest BCUT2D eigenvalue weighted by atomic mass is 10.2. The molecule has 0 saturated carbocycles. The number of aromatic nitrogens is 1. The molecule has 12 heteroatoms. The van der Waals surface area contributed by atoms with Gasteiger partial charge in [-0.15, -0.1) is 11.3 Å². The van der Waals surface area contributed by atoms with Crippen molar-refractivity contribution in [2.24, 2.45) is 0 Å². The zero-order valence-corrected chi connectivity index (χ0v) is 18.4. The summed E-state index contributed by atoms with van der Waals surface area (Å²) in [6.07, 6.45) is 1.24. The van der Waals surface area contributed by atoms with Gasteiger partial charge in [0.1, 0.15) is 16.6 Å². The lowest BCUT2D eigenvalue weighted by molar-refractivity contribution is 0.273. The minimum absolute atomic E-state index is 0.0215. The van der Waals surface area contributed by atoms with E-state index in [0.29, 0.717) is 10.6 Å². The molecule has 0 spiro atoms. The molecule has 0 radical (unpaired) electrons. The standard InChI is InChI=1S/C19H17F2N3O4S3/c20-15-6-4-14(5-7-15)19-22-13-18(29-19)31(27,28)24-10-8-23(9-11-24)30(25,26)17-3-1-2-16(21)12-17/h1-7,12-13H,8-11H2. The van der Waals surface area contributed by atoms with Gasteiger partial charge in [0.15, 0.2) is 4.21 Å². The van der Waals surface area contributed by atoms with Gasteiger partial charge in [-0.1, -0.05) is 6.07 Å². The monoisotopic (exact) mass is 485 g/mol. The van der Waals surface area contributed by atoms with Crippen molar-refractivity contribution in [1.29, 1.82) is 0 Å². The smallest absolute Gasteiger partial charge is 0.243 e. The van der Waals surface area contributed by atoms with Crippen molar-refractivity contribution in [3.63, 3.8) is 0 Å². The van der Waals surface area contributed by atoms with Crippen LogP contribution in [0.1, 0.15) is 0 Å². The molecule has 0 atom stereocenters. The Morgan fingerprint density at radius 1 is 0.806 bits per heavy atom. The molecule has 3 aromatic rings.